The van der Waals surface area contributed by atoms with E-state index in [-0.39, 0.29) is 17.7 Å². The van der Waals surface area contributed by atoms with E-state index in [9.17, 15) is 4.79 Å². The molecule has 1 aromatic carbocycles. The first kappa shape index (κ1) is 15.8. The highest BCUT2D eigenvalue weighted by atomic mass is 16.5. The van der Waals surface area contributed by atoms with Crippen molar-refractivity contribution in [3.63, 3.8) is 0 Å². The van der Waals surface area contributed by atoms with E-state index in [1.165, 1.54) is 6.20 Å². The summed E-state index contributed by atoms with van der Waals surface area (Å²) >= 11 is 0. The van der Waals surface area contributed by atoms with Crippen molar-refractivity contribution in [2.24, 2.45) is 0 Å². The third-order valence-electron chi connectivity index (χ3n) is 4.07. The summed E-state index contributed by atoms with van der Waals surface area (Å²) in [5.74, 6) is 0.739. The topological polar surface area (TPSA) is 92.2 Å². The minimum atomic E-state index is -0.200. The molecule has 3 heterocycles. The summed E-state index contributed by atoms with van der Waals surface area (Å²) in [6, 6.07) is 16.4. The summed E-state index contributed by atoms with van der Waals surface area (Å²) in [6.07, 6.45) is 1.37. The number of carbonyl (C=O) groups excluding carboxylic acids is 1. The smallest absolute Gasteiger partial charge is 0.276 e. The molecule has 128 valence electrons. The highest BCUT2D eigenvalue weighted by Gasteiger charge is 2.34. The van der Waals surface area contributed by atoms with Gasteiger partial charge in [0.1, 0.15) is 6.10 Å². The molecular weight excluding hydrogens is 332 g/mol. The molecule has 0 unspecified atom stereocenters. The van der Waals surface area contributed by atoms with Gasteiger partial charge in [-0.1, -0.05) is 35.5 Å². The lowest BCUT2D eigenvalue weighted by Crippen LogP contribution is -2.56. The lowest BCUT2D eigenvalue weighted by molar-refractivity contribution is 0.0153. The quantitative estimate of drug-likeness (QED) is 0.721. The van der Waals surface area contributed by atoms with Crippen molar-refractivity contribution < 1.29 is 14.1 Å². The second kappa shape index (κ2) is 6.69. The van der Waals surface area contributed by atoms with Crippen molar-refractivity contribution >= 4 is 5.91 Å². The van der Waals surface area contributed by atoms with Gasteiger partial charge in [-0.25, -0.2) is 4.98 Å². The van der Waals surface area contributed by atoms with Crippen LogP contribution in [-0.2, 0) is 0 Å². The van der Waals surface area contributed by atoms with Gasteiger partial charge in [-0.2, -0.15) is 5.26 Å². The monoisotopic (exact) mass is 346 g/mol. The molecule has 1 aliphatic rings. The number of pyridine rings is 1. The number of amides is 1. The molecule has 7 nitrogen and oxygen atoms in total. The third kappa shape index (κ3) is 3.13. The van der Waals surface area contributed by atoms with Crippen molar-refractivity contribution in [1.82, 2.24) is 15.0 Å². The maximum absolute atomic E-state index is 12.5. The number of benzene rings is 1. The molecule has 7 heteroatoms. The largest absolute Gasteiger partial charge is 0.471 e. The first-order chi connectivity index (χ1) is 12.7. The summed E-state index contributed by atoms with van der Waals surface area (Å²) in [5, 5.41) is 12.8. The average molecular weight is 346 g/mol. The van der Waals surface area contributed by atoms with Crippen LogP contribution in [0.4, 0.5) is 0 Å². The van der Waals surface area contributed by atoms with Crippen LogP contribution in [0.25, 0.3) is 11.3 Å². The van der Waals surface area contributed by atoms with Gasteiger partial charge in [0.25, 0.3) is 5.91 Å². The van der Waals surface area contributed by atoms with E-state index in [0.29, 0.717) is 30.3 Å². The Hall–Kier alpha value is -3.66. The lowest BCUT2D eigenvalue weighted by Gasteiger charge is -2.38. The minimum absolute atomic E-state index is 0.152. The number of rotatable bonds is 4. The van der Waals surface area contributed by atoms with Crippen LogP contribution in [0.15, 0.2) is 59.3 Å². The van der Waals surface area contributed by atoms with Crippen LogP contribution in [0.3, 0.4) is 0 Å². The zero-order chi connectivity index (χ0) is 17.9. The molecule has 0 aliphatic carbocycles. The van der Waals surface area contributed by atoms with Crippen LogP contribution in [0.1, 0.15) is 16.1 Å². The second-order valence-electron chi connectivity index (χ2n) is 5.89. The fraction of sp³-hybridized carbons (Fsp3) is 0.158. The molecule has 0 saturated carbocycles. The van der Waals surface area contributed by atoms with Crippen LogP contribution in [0, 0.1) is 11.3 Å². The van der Waals surface area contributed by atoms with Crippen molar-refractivity contribution in [2.75, 3.05) is 13.1 Å². The predicted octanol–water partition coefficient (Wildman–Crippen LogP) is 2.51. The summed E-state index contributed by atoms with van der Waals surface area (Å²) < 4.78 is 11.0. The summed E-state index contributed by atoms with van der Waals surface area (Å²) in [6.45, 7) is 0.871. The first-order valence-electron chi connectivity index (χ1n) is 8.07. The highest BCUT2D eigenvalue weighted by Crippen LogP contribution is 2.23. The van der Waals surface area contributed by atoms with Crippen LogP contribution in [0.5, 0.6) is 5.88 Å². The SMILES string of the molecule is N#Cc1ccnc(OC2CN(C(=O)c3cc(-c4ccccc4)on3)C2)c1. The summed E-state index contributed by atoms with van der Waals surface area (Å²) in [5.41, 5.74) is 1.62. The number of hydrogen-bond acceptors (Lipinski definition) is 6. The zero-order valence-corrected chi connectivity index (χ0v) is 13.7. The van der Waals surface area contributed by atoms with Crippen molar-refractivity contribution in [3.05, 3.63) is 66.0 Å². The van der Waals surface area contributed by atoms with Gasteiger partial charge in [-0.05, 0) is 6.07 Å². The minimum Gasteiger partial charge on any atom is -0.471 e. The van der Waals surface area contributed by atoms with Crippen LogP contribution in [0.2, 0.25) is 0 Å². The second-order valence-corrected chi connectivity index (χ2v) is 5.89. The number of ether oxygens (including phenoxy) is 1. The molecule has 4 rings (SSSR count). The van der Waals surface area contributed by atoms with Crippen LogP contribution < -0.4 is 4.74 Å². The van der Waals surface area contributed by atoms with Gasteiger partial charge in [0.15, 0.2) is 11.5 Å². The number of carbonyl (C=O) groups is 1. The van der Waals surface area contributed by atoms with E-state index < -0.39 is 0 Å². The molecule has 0 N–H and O–H groups in total. The Labute approximate surface area is 149 Å². The Morgan fingerprint density at radius 3 is 2.81 bits per heavy atom. The molecule has 1 amide bonds. The maximum Gasteiger partial charge on any atom is 0.276 e. The Morgan fingerprint density at radius 1 is 1.23 bits per heavy atom. The molecule has 26 heavy (non-hydrogen) atoms. The predicted molar refractivity (Wildman–Crippen MR) is 91.2 cm³/mol. The molecule has 1 saturated heterocycles. The Kier molecular flexibility index (Phi) is 4.07. The number of likely N-dealkylation sites (tertiary alicyclic amines) is 1. The van der Waals surface area contributed by atoms with Gasteiger partial charge >= 0.3 is 0 Å². The number of hydrogen-bond donors (Lipinski definition) is 0. The fourth-order valence-electron chi connectivity index (χ4n) is 2.67. The third-order valence-corrected chi connectivity index (χ3v) is 4.07. The van der Waals surface area contributed by atoms with Gasteiger partial charge in [-0.15, -0.1) is 0 Å². The zero-order valence-electron chi connectivity index (χ0n) is 13.7. The maximum atomic E-state index is 12.5. The average Bonchev–Trinajstić information content (AvgIpc) is 3.15. The molecule has 1 fully saturated rings. The molecule has 1 aliphatic heterocycles. The number of nitriles is 1. The van der Waals surface area contributed by atoms with E-state index in [0.717, 1.165) is 5.56 Å². The lowest BCUT2D eigenvalue weighted by atomic mass is 10.1. The fourth-order valence-corrected chi connectivity index (χ4v) is 2.67. The molecule has 3 aromatic rings. The van der Waals surface area contributed by atoms with Crippen LogP contribution >= 0.6 is 0 Å². The van der Waals surface area contributed by atoms with E-state index in [1.807, 2.05) is 36.4 Å². The van der Waals surface area contributed by atoms with Gasteiger partial charge < -0.3 is 14.2 Å². The van der Waals surface area contributed by atoms with Gasteiger partial charge in [0, 0.05) is 23.9 Å². The van der Waals surface area contributed by atoms with Gasteiger partial charge in [0.05, 0.1) is 24.7 Å². The van der Waals surface area contributed by atoms with E-state index in [2.05, 4.69) is 10.1 Å². The normalized spacial score (nSPS) is 13.7. The van der Waals surface area contributed by atoms with E-state index >= 15 is 0 Å². The number of nitrogens with zero attached hydrogens (tertiary/aromatic N) is 4. The van der Waals surface area contributed by atoms with E-state index in [4.69, 9.17) is 14.5 Å². The van der Waals surface area contributed by atoms with Gasteiger partial charge in [-0.3, -0.25) is 4.79 Å². The standard InChI is InChI=1S/C19H14N4O3/c20-10-13-6-7-21-18(8-13)25-15-11-23(12-15)19(24)16-9-17(26-22-16)14-4-2-1-3-5-14/h1-9,15H,11-12H2. The van der Waals surface area contributed by atoms with Crippen molar-refractivity contribution in [2.45, 2.75) is 6.10 Å². The van der Waals surface area contributed by atoms with Crippen LogP contribution in [-0.4, -0.2) is 40.1 Å². The van der Waals surface area contributed by atoms with Crippen molar-refractivity contribution in [3.8, 4) is 23.3 Å². The molecule has 0 bridgehead atoms. The molecule has 2 aromatic heterocycles. The summed E-state index contributed by atoms with van der Waals surface area (Å²) in [7, 11) is 0. The molecular formula is C19H14N4O3. The molecule has 0 atom stereocenters. The molecule has 0 radical (unpaired) electrons. The summed E-state index contributed by atoms with van der Waals surface area (Å²) in [4.78, 5) is 18.2. The Balaban J connectivity index is 1.36. The Bertz CT molecular complexity index is 972. The van der Waals surface area contributed by atoms with E-state index in [1.54, 1.807) is 23.1 Å². The number of aromatic nitrogens is 2. The van der Waals surface area contributed by atoms with Gasteiger partial charge in [0.2, 0.25) is 5.88 Å². The molecule has 0 spiro atoms. The highest BCUT2D eigenvalue weighted by molar-refractivity contribution is 5.93. The first-order valence-corrected chi connectivity index (χ1v) is 8.07. The van der Waals surface area contributed by atoms with Crippen molar-refractivity contribution in [1.29, 1.82) is 5.26 Å². The Morgan fingerprint density at radius 2 is 2.04 bits per heavy atom.